The van der Waals surface area contributed by atoms with E-state index in [9.17, 15) is 4.79 Å². The highest BCUT2D eigenvalue weighted by Gasteiger charge is 2.38. The van der Waals surface area contributed by atoms with E-state index in [4.69, 9.17) is 11.6 Å². The molecule has 0 bridgehead atoms. The molecule has 3 heteroatoms. The molecule has 2 nitrogen and oxygen atoms in total. The van der Waals surface area contributed by atoms with Gasteiger partial charge in [-0.15, -0.1) is 11.6 Å². The van der Waals surface area contributed by atoms with Crippen LogP contribution < -0.4 is 0 Å². The summed E-state index contributed by atoms with van der Waals surface area (Å²) in [5.41, 5.74) is -0.418. The Morgan fingerprint density at radius 3 is 2.60 bits per heavy atom. The minimum atomic E-state index is -0.418. The van der Waals surface area contributed by atoms with E-state index in [1.165, 1.54) is 0 Å². The Bertz CT molecular complexity index is 238. The third-order valence-corrected chi connectivity index (χ3v) is 3.91. The van der Waals surface area contributed by atoms with Crippen molar-refractivity contribution in [3.63, 3.8) is 0 Å². The quantitative estimate of drug-likeness (QED) is 0.684. The molecule has 1 heterocycles. The van der Waals surface area contributed by atoms with Crippen molar-refractivity contribution in [1.29, 1.82) is 0 Å². The van der Waals surface area contributed by atoms with Gasteiger partial charge < -0.3 is 4.90 Å². The van der Waals surface area contributed by atoms with Crippen molar-refractivity contribution in [1.82, 2.24) is 4.90 Å². The molecule has 0 aromatic rings. The Hall–Kier alpha value is -0.240. The van der Waals surface area contributed by atoms with Gasteiger partial charge in [0.25, 0.3) is 0 Å². The summed E-state index contributed by atoms with van der Waals surface area (Å²) in [6.45, 7) is 9.13. The number of nitrogens with zero attached hydrogens (tertiary/aromatic N) is 1. The predicted octanol–water partition coefficient (Wildman–Crippen LogP) is 2.90. The highest BCUT2D eigenvalue weighted by atomic mass is 35.5. The molecule has 1 atom stereocenters. The minimum absolute atomic E-state index is 0.216. The van der Waals surface area contributed by atoms with Gasteiger partial charge in [-0.25, -0.2) is 0 Å². The first kappa shape index (κ1) is 12.8. The Labute approximate surface area is 98.0 Å². The van der Waals surface area contributed by atoms with E-state index in [0.29, 0.717) is 17.8 Å². The van der Waals surface area contributed by atoms with Gasteiger partial charge >= 0.3 is 0 Å². The largest absolute Gasteiger partial charge is 0.339 e. The van der Waals surface area contributed by atoms with Crippen LogP contribution in [0.1, 0.15) is 40.5 Å². The first-order chi connectivity index (χ1) is 6.90. The molecule has 1 unspecified atom stereocenters. The molecule has 0 radical (unpaired) electrons. The summed E-state index contributed by atoms with van der Waals surface area (Å²) < 4.78 is 0. The van der Waals surface area contributed by atoms with Gasteiger partial charge in [-0.3, -0.25) is 4.79 Å². The summed E-state index contributed by atoms with van der Waals surface area (Å²) in [5.74, 6) is 1.16. The first-order valence-corrected chi connectivity index (χ1v) is 6.30. The first-order valence-electron chi connectivity index (χ1n) is 5.77. The zero-order valence-electron chi connectivity index (χ0n) is 10.2. The molecule has 0 saturated carbocycles. The third kappa shape index (κ3) is 2.66. The van der Waals surface area contributed by atoms with Gasteiger partial charge in [0.05, 0.1) is 5.41 Å². The van der Waals surface area contributed by atoms with Crippen molar-refractivity contribution in [3.05, 3.63) is 0 Å². The molecular formula is C12H22ClNO. The van der Waals surface area contributed by atoms with Crippen LogP contribution in [-0.4, -0.2) is 29.3 Å². The molecule has 1 saturated heterocycles. The Kier molecular flexibility index (Phi) is 4.05. The highest BCUT2D eigenvalue weighted by Crippen LogP contribution is 2.29. The maximum absolute atomic E-state index is 12.3. The molecular weight excluding hydrogens is 210 g/mol. The topological polar surface area (TPSA) is 20.3 Å². The van der Waals surface area contributed by atoms with Gasteiger partial charge in [-0.1, -0.05) is 13.8 Å². The fourth-order valence-corrected chi connectivity index (χ4v) is 2.30. The van der Waals surface area contributed by atoms with Gasteiger partial charge in [0.15, 0.2) is 0 Å². The number of halogens is 1. The smallest absolute Gasteiger partial charge is 0.229 e. The van der Waals surface area contributed by atoms with Crippen molar-refractivity contribution >= 4 is 17.5 Å². The minimum Gasteiger partial charge on any atom is -0.339 e. The maximum Gasteiger partial charge on any atom is 0.229 e. The Balaban J connectivity index is 2.75. The molecule has 0 N–H and O–H groups in total. The van der Waals surface area contributed by atoms with Gasteiger partial charge in [-0.2, -0.15) is 0 Å². The average molecular weight is 232 g/mol. The van der Waals surface area contributed by atoms with Crippen molar-refractivity contribution in [2.45, 2.75) is 46.6 Å². The molecule has 0 spiro atoms. The summed E-state index contributed by atoms with van der Waals surface area (Å²) in [7, 11) is 0. The van der Waals surface area contributed by atoms with E-state index in [-0.39, 0.29) is 5.91 Å². The van der Waals surface area contributed by atoms with Crippen LogP contribution in [0.4, 0.5) is 0 Å². The third-order valence-electron chi connectivity index (χ3n) is 3.24. The van der Waals surface area contributed by atoms with Crippen molar-refractivity contribution in [2.24, 2.45) is 11.3 Å². The van der Waals surface area contributed by atoms with Crippen LogP contribution in [0.25, 0.3) is 0 Å². The second kappa shape index (κ2) is 4.73. The summed E-state index contributed by atoms with van der Waals surface area (Å²) in [4.78, 5) is 14.3. The lowest BCUT2D eigenvalue weighted by Gasteiger charge is -2.33. The average Bonchev–Trinajstić information content (AvgIpc) is 2.64. The number of rotatable bonds is 3. The lowest BCUT2D eigenvalue weighted by atomic mass is 9.92. The molecule has 1 aliphatic heterocycles. The Morgan fingerprint density at radius 1 is 1.53 bits per heavy atom. The van der Waals surface area contributed by atoms with Crippen molar-refractivity contribution < 1.29 is 4.79 Å². The number of carbonyl (C=O) groups excluding carboxylic acids is 1. The van der Waals surface area contributed by atoms with Crippen LogP contribution >= 0.6 is 11.6 Å². The number of hydrogen-bond donors (Lipinski definition) is 0. The van der Waals surface area contributed by atoms with E-state index < -0.39 is 5.41 Å². The number of alkyl halides is 1. The van der Waals surface area contributed by atoms with E-state index in [1.54, 1.807) is 0 Å². The lowest BCUT2D eigenvalue weighted by molar-refractivity contribution is -0.140. The molecule has 1 rings (SSSR count). The van der Waals surface area contributed by atoms with Gasteiger partial charge in [0.2, 0.25) is 5.91 Å². The zero-order valence-corrected chi connectivity index (χ0v) is 11.0. The van der Waals surface area contributed by atoms with Crippen LogP contribution in [0.5, 0.6) is 0 Å². The SMILES string of the molecule is CC(C)C1CCCN1C(=O)C(C)(C)CCl. The van der Waals surface area contributed by atoms with E-state index in [0.717, 1.165) is 19.4 Å². The molecule has 1 fully saturated rings. The normalized spacial score (nSPS) is 22.5. The monoisotopic (exact) mass is 231 g/mol. The molecule has 1 amide bonds. The predicted molar refractivity (Wildman–Crippen MR) is 64.1 cm³/mol. The van der Waals surface area contributed by atoms with E-state index in [1.807, 2.05) is 18.7 Å². The summed E-state index contributed by atoms with van der Waals surface area (Å²) >= 11 is 5.85. The maximum atomic E-state index is 12.3. The standard InChI is InChI=1S/C12H22ClNO/c1-9(2)10-6-5-7-14(10)11(15)12(3,4)8-13/h9-10H,5-8H2,1-4H3. The number of carbonyl (C=O) groups is 1. The second-order valence-electron chi connectivity index (χ2n) is 5.47. The fraction of sp³-hybridized carbons (Fsp3) is 0.917. The van der Waals surface area contributed by atoms with E-state index >= 15 is 0 Å². The van der Waals surface area contributed by atoms with Crippen LogP contribution in [0.3, 0.4) is 0 Å². The lowest BCUT2D eigenvalue weighted by Crippen LogP contribution is -2.46. The fourth-order valence-electron chi connectivity index (χ4n) is 2.18. The van der Waals surface area contributed by atoms with Gasteiger partial charge in [-0.05, 0) is 32.6 Å². The van der Waals surface area contributed by atoms with Crippen molar-refractivity contribution in [2.75, 3.05) is 12.4 Å². The van der Waals surface area contributed by atoms with Gasteiger partial charge in [0, 0.05) is 18.5 Å². The van der Waals surface area contributed by atoms with Gasteiger partial charge in [0.1, 0.15) is 0 Å². The highest BCUT2D eigenvalue weighted by molar-refractivity contribution is 6.19. The zero-order chi connectivity index (χ0) is 11.6. The molecule has 88 valence electrons. The molecule has 1 aliphatic rings. The number of likely N-dealkylation sites (tertiary alicyclic amines) is 1. The molecule has 0 aromatic carbocycles. The summed E-state index contributed by atoms with van der Waals surface area (Å²) in [6, 6.07) is 0.417. The summed E-state index contributed by atoms with van der Waals surface area (Å²) in [6.07, 6.45) is 2.27. The second-order valence-corrected chi connectivity index (χ2v) is 5.74. The number of hydrogen-bond acceptors (Lipinski definition) is 1. The number of amides is 1. The molecule has 15 heavy (non-hydrogen) atoms. The van der Waals surface area contributed by atoms with E-state index in [2.05, 4.69) is 13.8 Å². The molecule has 0 aromatic heterocycles. The van der Waals surface area contributed by atoms with Crippen LogP contribution in [0.15, 0.2) is 0 Å². The molecule has 0 aliphatic carbocycles. The Morgan fingerprint density at radius 2 is 2.13 bits per heavy atom. The summed E-state index contributed by atoms with van der Waals surface area (Å²) in [5, 5.41) is 0. The van der Waals surface area contributed by atoms with Crippen LogP contribution in [0.2, 0.25) is 0 Å². The van der Waals surface area contributed by atoms with Crippen molar-refractivity contribution in [3.8, 4) is 0 Å². The van der Waals surface area contributed by atoms with Crippen LogP contribution in [0, 0.1) is 11.3 Å². The van der Waals surface area contributed by atoms with Crippen LogP contribution in [-0.2, 0) is 4.79 Å².